The van der Waals surface area contributed by atoms with E-state index in [1.807, 2.05) is 0 Å². The van der Waals surface area contributed by atoms with E-state index >= 15 is 0 Å². The Labute approximate surface area is 85.1 Å². The van der Waals surface area contributed by atoms with Crippen LogP contribution in [0.2, 0.25) is 0 Å². The minimum Gasteiger partial charge on any atom is -0.450 e. The lowest BCUT2D eigenvalue weighted by Gasteiger charge is -2.44. The zero-order valence-corrected chi connectivity index (χ0v) is 9.19. The summed E-state index contributed by atoms with van der Waals surface area (Å²) in [5.74, 6) is 0.517. The van der Waals surface area contributed by atoms with Gasteiger partial charge in [0, 0.05) is 19.0 Å². The van der Waals surface area contributed by atoms with E-state index in [0.29, 0.717) is 25.6 Å². The predicted octanol–water partition coefficient (Wildman–Crippen LogP) is 1.83. The van der Waals surface area contributed by atoms with E-state index in [2.05, 4.69) is 15.9 Å². The summed E-state index contributed by atoms with van der Waals surface area (Å²) in [7, 11) is 0. The molecule has 0 N–H and O–H groups in total. The van der Waals surface area contributed by atoms with Crippen LogP contribution in [0.15, 0.2) is 0 Å². The molecule has 0 aromatic carbocycles. The molecule has 1 fully saturated rings. The summed E-state index contributed by atoms with van der Waals surface area (Å²) < 4.78 is 4.72. The van der Waals surface area contributed by atoms with Crippen LogP contribution in [0, 0.1) is 0 Å². The van der Waals surface area contributed by atoms with E-state index in [-0.39, 0.29) is 10.4 Å². The zero-order valence-electron chi connectivity index (χ0n) is 6.85. The monoisotopic (exact) mass is 255 g/mol. The van der Waals surface area contributed by atoms with Gasteiger partial charge in [-0.25, -0.2) is 4.79 Å². The highest BCUT2D eigenvalue weighted by atomic mass is 79.9. The molecule has 0 unspecified atom stereocenters. The molecule has 1 saturated heterocycles. The zero-order chi connectivity index (χ0) is 9.19. The summed E-state index contributed by atoms with van der Waals surface area (Å²) in [6.07, 6.45) is -0.252. The summed E-state index contributed by atoms with van der Waals surface area (Å²) in [6.45, 7) is 3.48. The SMILES string of the molecule is CCOC(=O)N1CC(Br)(CCl)C1. The van der Waals surface area contributed by atoms with Gasteiger partial charge >= 0.3 is 6.09 Å². The Kier molecular flexibility index (Phi) is 3.23. The minimum absolute atomic E-state index is 0.0820. The van der Waals surface area contributed by atoms with Crippen molar-refractivity contribution in [1.82, 2.24) is 4.90 Å². The summed E-state index contributed by atoms with van der Waals surface area (Å²) >= 11 is 9.11. The maximum absolute atomic E-state index is 11.1. The third-order valence-electron chi connectivity index (χ3n) is 1.71. The average molecular weight is 257 g/mol. The molecular weight excluding hydrogens is 245 g/mol. The number of ether oxygens (including phenoxy) is 1. The number of carbonyl (C=O) groups is 1. The molecule has 3 nitrogen and oxygen atoms in total. The lowest BCUT2D eigenvalue weighted by molar-refractivity contribution is 0.0737. The molecule has 1 heterocycles. The van der Waals surface area contributed by atoms with Gasteiger partial charge in [-0.1, -0.05) is 15.9 Å². The highest BCUT2D eigenvalue weighted by molar-refractivity contribution is 9.10. The lowest BCUT2D eigenvalue weighted by atomic mass is 10.0. The van der Waals surface area contributed by atoms with Gasteiger partial charge < -0.3 is 9.64 Å². The van der Waals surface area contributed by atoms with Crippen LogP contribution in [0.4, 0.5) is 4.79 Å². The molecule has 1 amide bonds. The molecule has 1 rings (SSSR count). The molecular formula is C7H11BrClNO2. The van der Waals surface area contributed by atoms with Gasteiger partial charge in [-0.2, -0.15) is 0 Å². The fraction of sp³-hybridized carbons (Fsp3) is 0.857. The summed E-state index contributed by atoms with van der Waals surface area (Å²) in [5, 5.41) is 0. The average Bonchev–Trinajstić information content (AvgIpc) is 1.99. The Morgan fingerprint density at radius 1 is 1.75 bits per heavy atom. The molecule has 0 saturated carbocycles. The second-order valence-electron chi connectivity index (χ2n) is 2.84. The minimum atomic E-state index is -0.252. The number of hydrogen-bond donors (Lipinski definition) is 0. The molecule has 1 aliphatic heterocycles. The third-order valence-corrected chi connectivity index (χ3v) is 3.33. The molecule has 0 spiro atoms. The number of hydrogen-bond acceptors (Lipinski definition) is 2. The normalized spacial score (nSPS) is 20.1. The van der Waals surface area contributed by atoms with Gasteiger partial charge in [-0.15, -0.1) is 11.6 Å². The fourth-order valence-corrected chi connectivity index (χ4v) is 1.84. The summed E-state index contributed by atoms with van der Waals surface area (Å²) in [4.78, 5) is 12.7. The van der Waals surface area contributed by atoms with Crippen LogP contribution in [0.25, 0.3) is 0 Å². The van der Waals surface area contributed by atoms with Crippen molar-refractivity contribution in [3.05, 3.63) is 0 Å². The van der Waals surface area contributed by atoms with Crippen molar-refractivity contribution in [2.75, 3.05) is 25.6 Å². The first kappa shape index (κ1) is 10.1. The van der Waals surface area contributed by atoms with Crippen molar-refractivity contribution in [2.45, 2.75) is 11.2 Å². The molecule has 1 aliphatic rings. The van der Waals surface area contributed by atoms with E-state index in [0.717, 1.165) is 0 Å². The van der Waals surface area contributed by atoms with Gasteiger partial charge in [0.2, 0.25) is 0 Å². The van der Waals surface area contributed by atoms with Crippen molar-refractivity contribution in [3.8, 4) is 0 Å². The van der Waals surface area contributed by atoms with E-state index in [9.17, 15) is 4.79 Å². The van der Waals surface area contributed by atoms with Gasteiger partial charge in [0.05, 0.1) is 10.9 Å². The molecule has 0 aliphatic carbocycles. The first-order chi connectivity index (χ1) is 5.61. The second-order valence-corrected chi connectivity index (χ2v) is 4.79. The number of alkyl halides is 2. The number of rotatable bonds is 2. The van der Waals surface area contributed by atoms with Crippen LogP contribution in [0.1, 0.15) is 6.92 Å². The van der Waals surface area contributed by atoms with Gasteiger partial charge in [0.15, 0.2) is 0 Å². The van der Waals surface area contributed by atoms with Crippen molar-refractivity contribution in [1.29, 1.82) is 0 Å². The summed E-state index contributed by atoms with van der Waals surface area (Å²) in [6, 6.07) is 0. The summed E-state index contributed by atoms with van der Waals surface area (Å²) in [5.41, 5.74) is 0. The number of carbonyl (C=O) groups excluding carboxylic acids is 1. The van der Waals surface area contributed by atoms with Crippen molar-refractivity contribution < 1.29 is 9.53 Å². The van der Waals surface area contributed by atoms with E-state index in [1.54, 1.807) is 11.8 Å². The van der Waals surface area contributed by atoms with Crippen molar-refractivity contribution >= 4 is 33.6 Å². The number of halogens is 2. The molecule has 0 aromatic heterocycles. The van der Waals surface area contributed by atoms with E-state index in [4.69, 9.17) is 16.3 Å². The molecule has 70 valence electrons. The van der Waals surface area contributed by atoms with Gasteiger partial charge in [0.1, 0.15) is 0 Å². The smallest absolute Gasteiger partial charge is 0.409 e. The van der Waals surface area contributed by atoms with E-state index < -0.39 is 0 Å². The topological polar surface area (TPSA) is 29.5 Å². The highest BCUT2D eigenvalue weighted by Crippen LogP contribution is 2.31. The van der Waals surface area contributed by atoms with Crippen LogP contribution in [0.5, 0.6) is 0 Å². The number of amides is 1. The quantitative estimate of drug-likeness (QED) is 0.706. The molecule has 0 bridgehead atoms. The van der Waals surface area contributed by atoms with Gasteiger partial charge in [0.25, 0.3) is 0 Å². The Bertz CT molecular complexity index is 182. The lowest BCUT2D eigenvalue weighted by Crippen LogP contribution is -2.61. The molecule has 5 heteroatoms. The molecule has 12 heavy (non-hydrogen) atoms. The third kappa shape index (κ3) is 2.04. The first-order valence-electron chi connectivity index (χ1n) is 3.78. The first-order valence-corrected chi connectivity index (χ1v) is 5.10. The van der Waals surface area contributed by atoms with Crippen molar-refractivity contribution in [3.63, 3.8) is 0 Å². The fourth-order valence-electron chi connectivity index (χ4n) is 1.07. The highest BCUT2D eigenvalue weighted by Gasteiger charge is 2.43. The standard InChI is InChI=1S/C7H11BrClNO2/c1-2-12-6(11)10-4-7(8,3-9)5-10/h2-5H2,1H3. The number of likely N-dealkylation sites (tertiary alicyclic amines) is 1. The van der Waals surface area contributed by atoms with Gasteiger partial charge in [-0.3, -0.25) is 0 Å². The Balaban J connectivity index is 2.29. The van der Waals surface area contributed by atoms with E-state index in [1.165, 1.54) is 0 Å². The van der Waals surface area contributed by atoms with Crippen LogP contribution in [0.3, 0.4) is 0 Å². The number of nitrogens with zero attached hydrogens (tertiary/aromatic N) is 1. The maximum atomic E-state index is 11.1. The molecule has 0 radical (unpaired) electrons. The predicted molar refractivity (Wildman–Crippen MR) is 51.0 cm³/mol. The van der Waals surface area contributed by atoms with Crippen LogP contribution >= 0.6 is 27.5 Å². The largest absolute Gasteiger partial charge is 0.450 e. The Hall–Kier alpha value is 0.0400. The van der Waals surface area contributed by atoms with Crippen LogP contribution in [-0.4, -0.2) is 40.9 Å². The molecule has 0 atom stereocenters. The van der Waals surface area contributed by atoms with Gasteiger partial charge in [-0.05, 0) is 6.92 Å². The second kappa shape index (κ2) is 3.83. The Morgan fingerprint density at radius 2 is 2.33 bits per heavy atom. The van der Waals surface area contributed by atoms with Crippen LogP contribution < -0.4 is 0 Å². The molecule has 0 aromatic rings. The maximum Gasteiger partial charge on any atom is 0.409 e. The Morgan fingerprint density at radius 3 is 2.75 bits per heavy atom. The van der Waals surface area contributed by atoms with Crippen molar-refractivity contribution in [2.24, 2.45) is 0 Å². The van der Waals surface area contributed by atoms with Crippen LogP contribution in [-0.2, 0) is 4.74 Å².